The van der Waals surface area contributed by atoms with Crippen LogP contribution in [0.25, 0.3) is 0 Å². The second-order valence-corrected chi connectivity index (χ2v) is 3.52. The van der Waals surface area contributed by atoms with E-state index >= 15 is 0 Å². The van der Waals surface area contributed by atoms with Crippen LogP contribution < -0.4 is 11.1 Å². The third-order valence-electron chi connectivity index (χ3n) is 1.68. The number of carbonyl (C=O) groups excluding carboxylic acids is 3. The quantitative estimate of drug-likeness (QED) is 0.662. The van der Waals surface area contributed by atoms with Gasteiger partial charge in [-0.25, -0.2) is 0 Å². The van der Waals surface area contributed by atoms with Crippen LogP contribution in [0.4, 0.5) is 5.69 Å². The Kier molecular flexibility index (Phi) is 3.63. The van der Waals surface area contributed by atoms with Crippen LogP contribution in [0.1, 0.15) is 17.3 Å². The number of halogens is 1. The first-order valence-electron chi connectivity index (χ1n) is 4.33. The van der Waals surface area contributed by atoms with Crippen molar-refractivity contribution in [2.45, 2.75) is 6.92 Å². The normalized spacial score (nSPS) is 12.4. The molecule has 6 heteroatoms. The van der Waals surface area contributed by atoms with Crippen molar-refractivity contribution < 1.29 is 14.4 Å². The number of rotatable bonds is 0. The van der Waals surface area contributed by atoms with Crippen LogP contribution in [0.5, 0.6) is 0 Å². The highest BCUT2D eigenvalue weighted by atomic mass is 35.5. The van der Waals surface area contributed by atoms with E-state index in [1.54, 1.807) is 12.1 Å². The SMILES string of the molecule is CC(N)=O.O=C1Nc2ccc(Cl)cc2C1=O. The van der Waals surface area contributed by atoms with Crippen molar-refractivity contribution in [2.24, 2.45) is 5.73 Å². The fraction of sp³-hybridized carbons (Fsp3) is 0.100. The Hall–Kier alpha value is -1.88. The molecule has 1 heterocycles. The molecule has 5 nitrogen and oxygen atoms in total. The van der Waals surface area contributed by atoms with Gasteiger partial charge < -0.3 is 11.1 Å². The molecule has 2 rings (SSSR count). The van der Waals surface area contributed by atoms with Crippen LogP contribution in [0, 0.1) is 0 Å². The van der Waals surface area contributed by atoms with Crippen LogP contribution in [0.2, 0.25) is 5.02 Å². The van der Waals surface area contributed by atoms with Gasteiger partial charge in [-0.2, -0.15) is 0 Å². The summed E-state index contributed by atoms with van der Waals surface area (Å²) in [7, 11) is 0. The average molecular weight is 241 g/mol. The molecule has 0 saturated carbocycles. The molecule has 0 unspecified atom stereocenters. The summed E-state index contributed by atoms with van der Waals surface area (Å²) in [4.78, 5) is 31.1. The summed E-state index contributed by atoms with van der Waals surface area (Å²) in [5, 5.41) is 2.88. The third-order valence-corrected chi connectivity index (χ3v) is 1.92. The smallest absolute Gasteiger partial charge is 0.296 e. The first-order valence-corrected chi connectivity index (χ1v) is 4.71. The number of amides is 2. The average Bonchev–Trinajstić information content (AvgIpc) is 2.43. The zero-order valence-corrected chi connectivity index (χ0v) is 9.17. The van der Waals surface area contributed by atoms with Gasteiger partial charge in [0.2, 0.25) is 5.91 Å². The van der Waals surface area contributed by atoms with Crippen molar-refractivity contribution >= 4 is 34.9 Å². The van der Waals surface area contributed by atoms with Gasteiger partial charge in [0.15, 0.2) is 0 Å². The highest BCUT2D eigenvalue weighted by Gasteiger charge is 2.27. The molecular formula is C10H9ClN2O3. The van der Waals surface area contributed by atoms with Crippen LogP contribution in [0.15, 0.2) is 18.2 Å². The minimum absolute atomic E-state index is 0.333. The van der Waals surface area contributed by atoms with Crippen molar-refractivity contribution in [2.75, 3.05) is 5.32 Å². The molecule has 1 aromatic carbocycles. The molecule has 0 fully saturated rings. The van der Waals surface area contributed by atoms with E-state index in [9.17, 15) is 14.4 Å². The first kappa shape index (κ1) is 12.2. The molecule has 0 radical (unpaired) electrons. The standard InChI is InChI=1S/C8H4ClNO2.C2H5NO/c9-4-1-2-6-5(3-4)7(11)8(12)10-6;1-2(3)4/h1-3H,(H,10,11,12);1H3,(H2,3,4). The van der Waals surface area contributed by atoms with E-state index in [0.29, 0.717) is 16.3 Å². The Bertz CT molecular complexity index is 467. The van der Waals surface area contributed by atoms with E-state index < -0.39 is 11.7 Å². The van der Waals surface area contributed by atoms with Gasteiger partial charge in [-0.1, -0.05) is 11.6 Å². The van der Waals surface area contributed by atoms with Crippen molar-refractivity contribution in [3.05, 3.63) is 28.8 Å². The summed E-state index contributed by atoms with van der Waals surface area (Å²) in [5.41, 5.74) is 5.36. The number of ketones is 1. The number of benzene rings is 1. The Morgan fingerprint density at radius 2 is 1.94 bits per heavy atom. The van der Waals surface area contributed by atoms with Gasteiger partial charge in [-0.3, -0.25) is 14.4 Å². The zero-order valence-electron chi connectivity index (χ0n) is 8.41. The largest absolute Gasteiger partial charge is 0.370 e. The lowest BCUT2D eigenvalue weighted by molar-refractivity contribution is -0.116. The third kappa shape index (κ3) is 2.80. The van der Waals surface area contributed by atoms with Gasteiger partial charge in [0.1, 0.15) is 0 Å². The summed E-state index contributed by atoms with van der Waals surface area (Å²) in [6.45, 7) is 1.31. The monoisotopic (exact) mass is 240 g/mol. The number of Topliss-reactive ketones (excluding diaryl/α,β-unsaturated/α-hetero) is 1. The molecular weight excluding hydrogens is 232 g/mol. The molecule has 3 N–H and O–H groups in total. The zero-order chi connectivity index (χ0) is 12.3. The number of carbonyl (C=O) groups is 3. The van der Waals surface area contributed by atoms with Gasteiger partial charge >= 0.3 is 0 Å². The van der Waals surface area contributed by atoms with Crippen molar-refractivity contribution in [1.82, 2.24) is 0 Å². The molecule has 1 aliphatic rings. The fourth-order valence-electron chi connectivity index (χ4n) is 1.11. The number of nitrogens with one attached hydrogen (secondary N) is 1. The molecule has 16 heavy (non-hydrogen) atoms. The molecule has 0 atom stereocenters. The van der Waals surface area contributed by atoms with Gasteiger partial charge in [0, 0.05) is 11.9 Å². The predicted octanol–water partition coefficient (Wildman–Crippen LogP) is 0.966. The summed E-state index contributed by atoms with van der Waals surface area (Å²) >= 11 is 5.65. The molecule has 0 spiro atoms. The lowest BCUT2D eigenvalue weighted by atomic mass is 10.1. The van der Waals surface area contributed by atoms with E-state index in [1.165, 1.54) is 13.0 Å². The van der Waals surface area contributed by atoms with E-state index in [0.717, 1.165) is 0 Å². The number of hydrogen-bond donors (Lipinski definition) is 2. The molecule has 0 aliphatic carbocycles. The maximum Gasteiger partial charge on any atom is 0.296 e. The number of hydrogen-bond acceptors (Lipinski definition) is 3. The molecule has 1 aromatic rings. The van der Waals surface area contributed by atoms with Gasteiger partial charge in [-0.15, -0.1) is 0 Å². The van der Waals surface area contributed by atoms with Crippen LogP contribution in [0.3, 0.4) is 0 Å². The second kappa shape index (κ2) is 4.76. The van der Waals surface area contributed by atoms with E-state index in [4.69, 9.17) is 11.6 Å². The molecule has 1 aliphatic heterocycles. The Labute approximate surface area is 96.6 Å². The molecule has 84 valence electrons. The van der Waals surface area contributed by atoms with Crippen LogP contribution in [-0.2, 0) is 9.59 Å². The highest BCUT2D eigenvalue weighted by Crippen LogP contribution is 2.25. The fourth-order valence-corrected chi connectivity index (χ4v) is 1.29. The lowest BCUT2D eigenvalue weighted by Crippen LogP contribution is -2.12. The first-order chi connectivity index (χ1) is 7.41. The molecule has 0 saturated heterocycles. The van der Waals surface area contributed by atoms with Crippen molar-refractivity contribution in [3.8, 4) is 0 Å². The number of anilines is 1. The van der Waals surface area contributed by atoms with Crippen molar-refractivity contribution in [1.29, 1.82) is 0 Å². The number of nitrogens with two attached hydrogens (primary N) is 1. The van der Waals surface area contributed by atoms with E-state index in [1.807, 2.05) is 0 Å². The second-order valence-electron chi connectivity index (χ2n) is 3.08. The molecule has 0 bridgehead atoms. The summed E-state index contributed by atoms with van der Waals surface area (Å²) in [6, 6.07) is 4.72. The van der Waals surface area contributed by atoms with Gasteiger partial charge in [-0.05, 0) is 18.2 Å². The summed E-state index contributed by atoms with van der Waals surface area (Å²) in [6.07, 6.45) is 0. The summed E-state index contributed by atoms with van der Waals surface area (Å²) < 4.78 is 0. The maximum absolute atomic E-state index is 11.1. The Morgan fingerprint density at radius 1 is 1.38 bits per heavy atom. The Balaban J connectivity index is 0.000000280. The topological polar surface area (TPSA) is 89.3 Å². The minimum Gasteiger partial charge on any atom is -0.370 e. The predicted molar refractivity (Wildman–Crippen MR) is 59.3 cm³/mol. The lowest BCUT2D eigenvalue weighted by Gasteiger charge is -1.94. The molecule has 2 amide bonds. The Morgan fingerprint density at radius 3 is 2.50 bits per heavy atom. The molecule has 0 aromatic heterocycles. The highest BCUT2D eigenvalue weighted by molar-refractivity contribution is 6.52. The van der Waals surface area contributed by atoms with Gasteiger partial charge in [0.05, 0.1) is 11.3 Å². The van der Waals surface area contributed by atoms with E-state index in [2.05, 4.69) is 11.1 Å². The summed E-state index contributed by atoms with van der Waals surface area (Å²) in [5.74, 6) is -1.44. The van der Waals surface area contributed by atoms with E-state index in [-0.39, 0.29) is 5.91 Å². The maximum atomic E-state index is 11.1. The van der Waals surface area contributed by atoms with Crippen LogP contribution >= 0.6 is 11.6 Å². The van der Waals surface area contributed by atoms with Crippen LogP contribution in [-0.4, -0.2) is 17.6 Å². The van der Waals surface area contributed by atoms with Gasteiger partial charge in [0.25, 0.3) is 11.7 Å². The number of fused-ring (bicyclic) bond motifs is 1. The minimum atomic E-state index is -0.590. The van der Waals surface area contributed by atoms with Crippen molar-refractivity contribution in [3.63, 3.8) is 0 Å². The number of primary amides is 1.